The van der Waals surface area contributed by atoms with Gasteiger partial charge in [-0.05, 0) is 25.0 Å². The Kier molecular flexibility index (Phi) is 4.13. The molecule has 1 aromatic carbocycles. The molecule has 0 unspecified atom stereocenters. The van der Waals surface area contributed by atoms with Crippen molar-refractivity contribution in [3.8, 4) is 0 Å². The molecule has 1 heterocycles. The SMILES string of the molecule is C/C=N\N1C(N)=C(CC)C=N/C1=C\c1ccccc1. The molecule has 0 saturated carbocycles. The summed E-state index contributed by atoms with van der Waals surface area (Å²) in [5.41, 5.74) is 8.19. The minimum Gasteiger partial charge on any atom is -0.383 e. The van der Waals surface area contributed by atoms with Gasteiger partial charge >= 0.3 is 0 Å². The van der Waals surface area contributed by atoms with Crippen molar-refractivity contribution in [2.24, 2.45) is 15.8 Å². The van der Waals surface area contributed by atoms with Gasteiger partial charge < -0.3 is 5.73 Å². The Hall–Kier alpha value is -2.36. The number of hydrazone groups is 1. The van der Waals surface area contributed by atoms with E-state index in [1.54, 1.807) is 11.2 Å². The number of benzene rings is 1. The van der Waals surface area contributed by atoms with Gasteiger partial charge in [-0.3, -0.25) is 0 Å². The molecule has 98 valence electrons. The normalized spacial score (nSPS) is 17.8. The predicted octanol–water partition coefficient (Wildman–Crippen LogP) is 2.96. The minimum absolute atomic E-state index is 0.637. The zero-order chi connectivity index (χ0) is 13.7. The van der Waals surface area contributed by atoms with Crippen LogP contribution >= 0.6 is 0 Å². The van der Waals surface area contributed by atoms with Crippen molar-refractivity contribution in [3.05, 3.63) is 53.1 Å². The molecule has 0 saturated heterocycles. The van der Waals surface area contributed by atoms with Crippen LogP contribution in [-0.4, -0.2) is 17.4 Å². The Morgan fingerprint density at radius 1 is 1.32 bits per heavy atom. The summed E-state index contributed by atoms with van der Waals surface area (Å²) in [6.07, 6.45) is 6.32. The van der Waals surface area contributed by atoms with Gasteiger partial charge in [0.15, 0.2) is 5.82 Å². The number of rotatable bonds is 3. The Morgan fingerprint density at radius 2 is 2.05 bits per heavy atom. The molecule has 2 rings (SSSR count). The van der Waals surface area contributed by atoms with Crippen molar-refractivity contribution in [2.45, 2.75) is 20.3 Å². The van der Waals surface area contributed by atoms with E-state index in [1.165, 1.54) is 0 Å². The summed E-state index contributed by atoms with van der Waals surface area (Å²) in [7, 11) is 0. The van der Waals surface area contributed by atoms with Gasteiger partial charge in [-0.2, -0.15) is 10.1 Å². The average Bonchev–Trinajstić information content (AvgIpc) is 2.44. The smallest absolute Gasteiger partial charge is 0.156 e. The summed E-state index contributed by atoms with van der Waals surface area (Å²) in [5.74, 6) is 1.36. The summed E-state index contributed by atoms with van der Waals surface area (Å²) < 4.78 is 0. The lowest BCUT2D eigenvalue weighted by molar-refractivity contribution is 0.441. The van der Waals surface area contributed by atoms with Crippen molar-refractivity contribution in [1.82, 2.24) is 5.01 Å². The van der Waals surface area contributed by atoms with E-state index in [9.17, 15) is 0 Å². The highest BCUT2D eigenvalue weighted by molar-refractivity contribution is 5.82. The van der Waals surface area contributed by atoms with Crippen LogP contribution in [0, 0.1) is 0 Å². The average molecular weight is 254 g/mol. The summed E-state index contributed by atoms with van der Waals surface area (Å²) in [6, 6.07) is 10.0. The number of aliphatic imine (C=N–C) groups is 1. The lowest BCUT2D eigenvalue weighted by Gasteiger charge is -2.24. The van der Waals surface area contributed by atoms with Gasteiger partial charge in [-0.1, -0.05) is 37.3 Å². The van der Waals surface area contributed by atoms with E-state index in [0.29, 0.717) is 5.82 Å². The molecule has 0 atom stereocenters. The largest absolute Gasteiger partial charge is 0.383 e. The van der Waals surface area contributed by atoms with Crippen LogP contribution in [0.5, 0.6) is 0 Å². The van der Waals surface area contributed by atoms with Crippen LogP contribution in [0.1, 0.15) is 25.8 Å². The highest BCUT2D eigenvalue weighted by Crippen LogP contribution is 2.22. The summed E-state index contributed by atoms with van der Waals surface area (Å²) in [4.78, 5) is 4.44. The maximum absolute atomic E-state index is 6.12. The molecule has 0 aliphatic carbocycles. The molecule has 0 bridgehead atoms. The topological polar surface area (TPSA) is 54.0 Å². The third kappa shape index (κ3) is 2.91. The van der Waals surface area contributed by atoms with E-state index in [1.807, 2.05) is 56.5 Å². The second kappa shape index (κ2) is 6.00. The van der Waals surface area contributed by atoms with Crippen molar-refractivity contribution in [3.63, 3.8) is 0 Å². The van der Waals surface area contributed by atoms with E-state index in [4.69, 9.17) is 5.73 Å². The first kappa shape index (κ1) is 13.1. The monoisotopic (exact) mass is 254 g/mol. The van der Waals surface area contributed by atoms with Gasteiger partial charge in [0.1, 0.15) is 5.82 Å². The van der Waals surface area contributed by atoms with Crippen LogP contribution in [0.4, 0.5) is 0 Å². The van der Waals surface area contributed by atoms with E-state index < -0.39 is 0 Å². The molecular weight excluding hydrogens is 236 g/mol. The summed E-state index contributed by atoms with van der Waals surface area (Å²) in [5, 5.41) is 5.96. The predicted molar refractivity (Wildman–Crippen MR) is 80.4 cm³/mol. The third-order valence-corrected chi connectivity index (χ3v) is 2.83. The first-order valence-electron chi connectivity index (χ1n) is 6.34. The Bertz CT molecular complexity index is 553. The van der Waals surface area contributed by atoms with Crippen molar-refractivity contribution < 1.29 is 0 Å². The molecule has 1 aliphatic heterocycles. The molecular formula is C15H18N4. The molecule has 4 heteroatoms. The fraction of sp³-hybridized carbons (Fsp3) is 0.200. The third-order valence-electron chi connectivity index (χ3n) is 2.83. The maximum Gasteiger partial charge on any atom is 0.156 e. The highest BCUT2D eigenvalue weighted by atomic mass is 15.5. The summed E-state index contributed by atoms with van der Waals surface area (Å²) in [6.45, 7) is 3.91. The molecule has 0 amide bonds. The number of nitrogens with two attached hydrogens (primary N) is 1. The minimum atomic E-state index is 0.637. The number of hydrogen-bond donors (Lipinski definition) is 1. The molecule has 0 aromatic heterocycles. The van der Waals surface area contributed by atoms with Crippen molar-refractivity contribution in [1.29, 1.82) is 0 Å². The van der Waals surface area contributed by atoms with Gasteiger partial charge in [0.25, 0.3) is 0 Å². The Morgan fingerprint density at radius 3 is 2.68 bits per heavy atom. The standard InChI is InChI=1S/C15H18N4/c1-3-13-11-17-14(19(15(13)16)18-4-2)10-12-8-6-5-7-9-12/h4-11H,3,16H2,1-2H3/b14-10+,18-4-. The first-order chi connectivity index (χ1) is 9.26. The van der Waals surface area contributed by atoms with E-state index in [-0.39, 0.29) is 0 Å². The van der Waals surface area contributed by atoms with Gasteiger partial charge in [0, 0.05) is 18.0 Å². The van der Waals surface area contributed by atoms with Crippen LogP contribution < -0.4 is 5.73 Å². The number of hydrogen-bond acceptors (Lipinski definition) is 4. The van der Waals surface area contributed by atoms with Crippen LogP contribution in [0.15, 0.2) is 57.6 Å². The van der Waals surface area contributed by atoms with Gasteiger partial charge in [0.2, 0.25) is 0 Å². The first-order valence-corrected chi connectivity index (χ1v) is 6.34. The van der Waals surface area contributed by atoms with E-state index in [0.717, 1.165) is 23.4 Å². The van der Waals surface area contributed by atoms with Crippen LogP contribution in [0.25, 0.3) is 6.08 Å². The fourth-order valence-electron chi connectivity index (χ4n) is 1.83. The highest BCUT2D eigenvalue weighted by Gasteiger charge is 2.17. The van der Waals surface area contributed by atoms with Gasteiger partial charge in [0.05, 0.1) is 0 Å². The maximum atomic E-state index is 6.12. The molecule has 4 nitrogen and oxygen atoms in total. The lowest BCUT2D eigenvalue weighted by atomic mass is 10.2. The van der Waals surface area contributed by atoms with E-state index in [2.05, 4.69) is 10.1 Å². The zero-order valence-corrected chi connectivity index (χ0v) is 11.2. The fourth-order valence-corrected chi connectivity index (χ4v) is 1.83. The van der Waals surface area contributed by atoms with Gasteiger partial charge in [-0.25, -0.2) is 4.99 Å². The molecule has 0 spiro atoms. The lowest BCUT2D eigenvalue weighted by Crippen LogP contribution is -2.26. The second-order valence-corrected chi connectivity index (χ2v) is 4.12. The quantitative estimate of drug-likeness (QED) is 0.843. The van der Waals surface area contributed by atoms with Gasteiger partial charge in [-0.15, -0.1) is 0 Å². The molecule has 19 heavy (non-hydrogen) atoms. The van der Waals surface area contributed by atoms with Crippen LogP contribution in [0.2, 0.25) is 0 Å². The van der Waals surface area contributed by atoms with Crippen LogP contribution in [0.3, 0.4) is 0 Å². The molecule has 0 radical (unpaired) electrons. The van der Waals surface area contributed by atoms with Crippen molar-refractivity contribution in [2.75, 3.05) is 0 Å². The molecule has 0 fully saturated rings. The second-order valence-electron chi connectivity index (χ2n) is 4.12. The summed E-state index contributed by atoms with van der Waals surface area (Å²) >= 11 is 0. The molecule has 1 aromatic rings. The van der Waals surface area contributed by atoms with E-state index >= 15 is 0 Å². The van der Waals surface area contributed by atoms with Crippen molar-refractivity contribution >= 4 is 18.5 Å². The van der Waals surface area contributed by atoms with Crippen LogP contribution in [-0.2, 0) is 0 Å². The Labute approximate surface area is 113 Å². The number of nitrogens with zero attached hydrogens (tertiary/aromatic N) is 3. The zero-order valence-electron chi connectivity index (χ0n) is 11.2. The Balaban J connectivity index is 2.39. The molecule has 1 aliphatic rings. The molecule has 2 N–H and O–H groups in total. The number of allylic oxidation sites excluding steroid dienone is 1.